The Morgan fingerprint density at radius 3 is 2.55 bits per heavy atom. The highest BCUT2D eigenvalue weighted by Gasteiger charge is 2.31. The second kappa shape index (κ2) is 10.6. The molecule has 3 N–H and O–H groups in total. The van der Waals surface area contributed by atoms with E-state index < -0.39 is 6.10 Å². The monoisotopic (exact) mass is 287 g/mol. The molecule has 0 spiro atoms. The molecular formula is C16H33NO3. The summed E-state index contributed by atoms with van der Waals surface area (Å²) in [6, 6.07) is 0. The Labute approximate surface area is 123 Å². The lowest BCUT2D eigenvalue weighted by Crippen LogP contribution is -2.52. The molecule has 4 nitrogen and oxygen atoms in total. The Hall–Kier alpha value is -0.160. The first kappa shape index (κ1) is 17.9. The van der Waals surface area contributed by atoms with Gasteiger partial charge in [-0.25, -0.2) is 0 Å². The first-order valence-corrected chi connectivity index (χ1v) is 8.34. The number of nitrogens with one attached hydrogen (secondary N) is 1. The summed E-state index contributed by atoms with van der Waals surface area (Å²) in [6.07, 6.45) is 9.89. The van der Waals surface area contributed by atoms with Gasteiger partial charge in [0, 0.05) is 18.7 Å². The highest BCUT2D eigenvalue weighted by atomic mass is 16.5. The van der Waals surface area contributed by atoms with E-state index in [0.717, 1.165) is 38.7 Å². The number of aliphatic hydroxyl groups excluding tert-OH is 2. The second-order valence-corrected chi connectivity index (χ2v) is 6.17. The van der Waals surface area contributed by atoms with Gasteiger partial charge in [0.05, 0.1) is 19.3 Å². The maximum absolute atomic E-state index is 9.92. The summed E-state index contributed by atoms with van der Waals surface area (Å²) in [6.45, 7) is 3.99. The van der Waals surface area contributed by atoms with Gasteiger partial charge in [-0.15, -0.1) is 0 Å². The third kappa shape index (κ3) is 7.02. The molecule has 1 rings (SSSR count). The molecule has 0 radical (unpaired) electrons. The average molecular weight is 287 g/mol. The van der Waals surface area contributed by atoms with Crippen LogP contribution in [0.3, 0.4) is 0 Å². The zero-order valence-electron chi connectivity index (χ0n) is 13.1. The van der Waals surface area contributed by atoms with Crippen LogP contribution in [0.15, 0.2) is 0 Å². The molecule has 0 aromatic heterocycles. The fraction of sp³-hybridized carbons (Fsp3) is 1.00. The van der Waals surface area contributed by atoms with Gasteiger partial charge in [-0.1, -0.05) is 45.4 Å². The number of β-amino-alcohol motifs (C(OH)–C–C–N with tert-alkyl or cyclic N) is 1. The van der Waals surface area contributed by atoms with Gasteiger partial charge in [0.2, 0.25) is 0 Å². The summed E-state index contributed by atoms with van der Waals surface area (Å²) in [7, 11) is 0. The zero-order valence-corrected chi connectivity index (χ0v) is 13.1. The molecule has 1 fully saturated rings. The predicted molar refractivity (Wildman–Crippen MR) is 81.9 cm³/mol. The Balaban J connectivity index is 2.07. The van der Waals surface area contributed by atoms with Crippen LogP contribution in [0.1, 0.15) is 64.7 Å². The van der Waals surface area contributed by atoms with Crippen LogP contribution in [-0.2, 0) is 4.74 Å². The van der Waals surface area contributed by atoms with Crippen molar-refractivity contribution < 1.29 is 14.9 Å². The molecule has 120 valence electrons. The Morgan fingerprint density at radius 2 is 1.90 bits per heavy atom. The minimum Gasteiger partial charge on any atom is -0.394 e. The van der Waals surface area contributed by atoms with Crippen LogP contribution in [-0.4, -0.2) is 48.2 Å². The topological polar surface area (TPSA) is 61.7 Å². The molecule has 1 unspecified atom stereocenters. The summed E-state index contributed by atoms with van der Waals surface area (Å²) in [5, 5.41) is 22.9. The molecule has 4 heteroatoms. The van der Waals surface area contributed by atoms with Crippen molar-refractivity contribution in [3.05, 3.63) is 0 Å². The van der Waals surface area contributed by atoms with Crippen LogP contribution in [0.2, 0.25) is 0 Å². The van der Waals surface area contributed by atoms with Gasteiger partial charge in [-0.2, -0.15) is 0 Å². The molecule has 0 heterocycles. The van der Waals surface area contributed by atoms with Gasteiger partial charge in [0.25, 0.3) is 0 Å². The molecule has 0 amide bonds. The lowest BCUT2D eigenvalue weighted by atomic mass is 9.82. The molecule has 20 heavy (non-hydrogen) atoms. The van der Waals surface area contributed by atoms with Crippen LogP contribution in [0.25, 0.3) is 0 Å². The molecule has 0 aromatic rings. The smallest absolute Gasteiger partial charge is 0.0897 e. The quantitative estimate of drug-likeness (QED) is 0.510. The molecule has 1 atom stereocenters. The highest BCUT2D eigenvalue weighted by molar-refractivity contribution is 4.90. The van der Waals surface area contributed by atoms with Crippen molar-refractivity contribution in [2.24, 2.45) is 0 Å². The lowest BCUT2D eigenvalue weighted by molar-refractivity contribution is 0.0242. The minimum atomic E-state index is -0.480. The number of aliphatic hydroxyl groups is 2. The highest BCUT2D eigenvalue weighted by Crippen LogP contribution is 2.27. The van der Waals surface area contributed by atoms with Crippen molar-refractivity contribution in [2.45, 2.75) is 76.4 Å². The van der Waals surface area contributed by atoms with Crippen molar-refractivity contribution in [2.75, 3.05) is 26.4 Å². The van der Waals surface area contributed by atoms with Gasteiger partial charge in [-0.3, -0.25) is 0 Å². The Kier molecular flexibility index (Phi) is 9.44. The molecule has 0 saturated heterocycles. The van der Waals surface area contributed by atoms with Crippen LogP contribution in [0, 0.1) is 0 Å². The van der Waals surface area contributed by atoms with E-state index in [1.54, 1.807) is 0 Å². The Morgan fingerprint density at radius 1 is 1.15 bits per heavy atom. The molecule has 1 saturated carbocycles. The molecular weight excluding hydrogens is 254 g/mol. The summed E-state index contributed by atoms with van der Waals surface area (Å²) in [5.74, 6) is 0. The van der Waals surface area contributed by atoms with Gasteiger partial charge in [-0.05, 0) is 19.3 Å². The molecule has 1 aliphatic carbocycles. The van der Waals surface area contributed by atoms with E-state index in [0.29, 0.717) is 13.2 Å². The molecule has 0 bridgehead atoms. The fourth-order valence-electron chi connectivity index (χ4n) is 2.86. The van der Waals surface area contributed by atoms with Crippen LogP contribution >= 0.6 is 0 Å². The normalized spacial score (nSPS) is 19.9. The number of unbranched alkanes of at least 4 members (excludes halogenated alkanes) is 3. The fourth-order valence-corrected chi connectivity index (χ4v) is 2.86. The first-order valence-electron chi connectivity index (χ1n) is 8.34. The largest absolute Gasteiger partial charge is 0.394 e. The predicted octanol–water partition coefficient (Wildman–Crippen LogP) is 2.23. The number of rotatable bonds is 11. The van der Waals surface area contributed by atoms with Crippen LogP contribution in [0.4, 0.5) is 0 Å². The van der Waals surface area contributed by atoms with E-state index in [1.165, 1.54) is 25.7 Å². The maximum atomic E-state index is 9.92. The van der Waals surface area contributed by atoms with Crippen molar-refractivity contribution in [1.82, 2.24) is 5.32 Å². The third-order valence-corrected chi connectivity index (χ3v) is 4.28. The van der Waals surface area contributed by atoms with Gasteiger partial charge >= 0.3 is 0 Å². The van der Waals surface area contributed by atoms with Gasteiger partial charge in [0.1, 0.15) is 0 Å². The standard InChI is InChI=1S/C16H33NO3/c1-2-3-4-8-11-20-13-15(19)12-17-16(14-18)9-6-5-7-10-16/h15,17-19H,2-14H2,1H3. The third-order valence-electron chi connectivity index (χ3n) is 4.28. The second-order valence-electron chi connectivity index (χ2n) is 6.17. The number of hydrogen-bond donors (Lipinski definition) is 3. The maximum Gasteiger partial charge on any atom is 0.0897 e. The van der Waals surface area contributed by atoms with Gasteiger partial charge in [0.15, 0.2) is 0 Å². The summed E-state index contributed by atoms with van der Waals surface area (Å²) < 4.78 is 5.50. The van der Waals surface area contributed by atoms with Gasteiger partial charge < -0.3 is 20.3 Å². The summed E-state index contributed by atoms with van der Waals surface area (Å²) in [5.41, 5.74) is -0.166. The van der Waals surface area contributed by atoms with E-state index in [9.17, 15) is 10.2 Å². The van der Waals surface area contributed by atoms with E-state index in [1.807, 2.05) is 0 Å². The van der Waals surface area contributed by atoms with Crippen molar-refractivity contribution in [3.8, 4) is 0 Å². The molecule has 0 aromatic carbocycles. The van der Waals surface area contributed by atoms with E-state index in [2.05, 4.69) is 12.2 Å². The summed E-state index contributed by atoms with van der Waals surface area (Å²) >= 11 is 0. The van der Waals surface area contributed by atoms with Crippen molar-refractivity contribution in [3.63, 3.8) is 0 Å². The first-order chi connectivity index (χ1) is 9.72. The van der Waals surface area contributed by atoms with Crippen molar-refractivity contribution in [1.29, 1.82) is 0 Å². The average Bonchev–Trinajstić information content (AvgIpc) is 2.49. The van der Waals surface area contributed by atoms with E-state index in [4.69, 9.17) is 4.74 Å². The van der Waals surface area contributed by atoms with E-state index >= 15 is 0 Å². The summed E-state index contributed by atoms with van der Waals surface area (Å²) in [4.78, 5) is 0. The van der Waals surface area contributed by atoms with Crippen molar-refractivity contribution >= 4 is 0 Å². The van der Waals surface area contributed by atoms with Crippen LogP contribution in [0.5, 0.6) is 0 Å². The lowest BCUT2D eigenvalue weighted by Gasteiger charge is -2.37. The number of hydrogen-bond acceptors (Lipinski definition) is 4. The number of ether oxygens (including phenoxy) is 1. The SMILES string of the molecule is CCCCCCOCC(O)CNC1(CO)CCCCC1. The van der Waals surface area contributed by atoms with Crippen LogP contribution < -0.4 is 5.32 Å². The molecule has 0 aliphatic heterocycles. The van der Waals surface area contributed by atoms with E-state index in [-0.39, 0.29) is 12.1 Å². The minimum absolute atomic E-state index is 0.164. The Bertz CT molecular complexity index is 230. The zero-order chi connectivity index (χ0) is 14.7. The molecule has 1 aliphatic rings.